The third kappa shape index (κ3) is 3.98. The molecule has 2 unspecified atom stereocenters. The van der Waals surface area contributed by atoms with Crippen LogP contribution in [-0.2, 0) is 6.54 Å². The van der Waals surface area contributed by atoms with Crippen LogP contribution in [0.4, 0.5) is 21.7 Å². The molecule has 3 aliphatic rings. The maximum atomic E-state index is 13.7. The fourth-order valence-electron chi connectivity index (χ4n) is 6.10. The van der Waals surface area contributed by atoms with Crippen LogP contribution in [0, 0.1) is 5.82 Å². The molecule has 0 amide bonds. The zero-order chi connectivity index (χ0) is 26.5. The van der Waals surface area contributed by atoms with E-state index in [1.807, 2.05) is 24.8 Å². The first kappa shape index (κ1) is 23.6. The smallest absolute Gasteiger partial charge is 0.208 e. The van der Waals surface area contributed by atoms with Crippen molar-refractivity contribution in [3.63, 3.8) is 0 Å². The van der Waals surface area contributed by atoms with E-state index in [9.17, 15) is 4.39 Å². The van der Waals surface area contributed by atoms with Crippen LogP contribution in [0.15, 0.2) is 88.8 Å². The molecule has 1 aromatic heterocycles. The molecule has 0 spiro atoms. The number of aliphatic imine (C=N–C) groups is 2. The highest BCUT2D eigenvalue weighted by molar-refractivity contribution is 6.23. The number of anilines is 3. The lowest BCUT2D eigenvalue weighted by Gasteiger charge is -2.36. The topological polar surface area (TPSA) is 61.1 Å². The Labute approximate surface area is 227 Å². The van der Waals surface area contributed by atoms with E-state index in [-0.39, 0.29) is 11.9 Å². The molecule has 2 aliphatic heterocycles. The Hall–Kier alpha value is -4.46. The molecule has 7 rings (SSSR count). The third-order valence-electron chi connectivity index (χ3n) is 7.99. The summed E-state index contributed by atoms with van der Waals surface area (Å²) in [6, 6.07) is 26.0. The number of hydrogen-bond donors (Lipinski definition) is 1. The van der Waals surface area contributed by atoms with E-state index in [1.165, 1.54) is 29.7 Å². The van der Waals surface area contributed by atoms with Crippen LogP contribution >= 0.6 is 0 Å². The molecule has 0 saturated heterocycles. The van der Waals surface area contributed by atoms with Crippen LogP contribution in [0.5, 0.6) is 0 Å². The van der Waals surface area contributed by atoms with Crippen molar-refractivity contribution in [2.75, 3.05) is 24.3 Å². The largest absolute Gasteiger partial charge is 0.340 e. The van der Waals surface area contributed by atoms with E-state index in [0.29, 0.717) is 12.6 Å². The summed E-state index contributed by atoms with van der Waals surface area (Å²) in [5.41, 5.74) is 5.23. The summed E-state index contributed by atoms with van der Waals surface area (Å²) < 4.78 is 15.7. The number of benzene rings is 3. The molecule has 1 aliphatic carbocycles. The van der Waals surface area contributed by atoms with Crippen molar-refractivity contribution in [3.8, 4) is 11.1 Å². The van der Waals surface area contributed by atoms with Gasteiger partial charge in [-0.1, -0.05) is 54.6 Å². The van der Waals surface area contributed by atoms with E-state index in [0.717, 1.165) is 53.1 Å². The Kier molecular flexibility index (Phi) is 5.68. The molecule has 196 valence electrons. The van der Waals surface area contributed by atoms with Crippen LogP contribution in [0.2, 0.25) is 0 Å². The second-order valence-corrected chi connectivity index (χ2v) is 10.4. The number of halogens is 1. The van der Waals surface area contributed by atoms with Gasteiger partial charge in [-0.15, -0.1) is 0 Å². The summed E-state index contributed by atoms with van der Waals surface area (Å²) in [6.45, 7) is 0.570. The Morgan fingerprint density at radius 2 is 1.69 bits per heavy atom. The number of amidine groups is 1. The minimum absolute atomic E-state index is 0.268. The minimum Gasteiger partial charge on any atom is -0.340 e. The maximum Gasteiger partial charge on any atom is 0.208 e. The van der Waals surface area contributed by atoms with Crippen LogP contribution in [0.3, 0.4) is 0 Å². The van der Waals surface area contributed by atoms with E-state index in [1.54, 1.807) is 12.1 Å². The average Bonchev–Trinajstić information content (AvgIpc) is 3.66. The summed E-state index contributed by atoms with van der Waals surface area (Å²) in [4.78, 5) is 14.2. The van der Waals surface area contributed by atoms with Gasteiger partial charge in [0.15, 0.2) is 5.82 Å². The Morgan fingerprint density at radius 1 is 0.949 bits per heavy atom. The molecule has 4 aromatic rings. The number of aromatic nitrogens is 2. The van der Waals surface area contributed by atoms with Gasteiger partial charge in [0.05, 0.1) is 18.6 Å². The normalized spacial score (nSPS) is 20.6. The van der Waals surface area contributed by atoms with Gasteiger partial charge in [0.2, 0.25) is 5.96 Å². The van der Waals surface area contributed by atoms with Gasteiger partial charge in [-0.2, -0.15) is 5.10 Å². The number of guanidine groups is 1. The lowest BCUT2D eigenvalue weighted by atomic mass is 10.0. The molecule has 2 atom stereocenters. The van der Waals surface area contributed by atoms with E-state index in [4.69, 9.17) is 10.1 Å². The number of nitrogens with zero attached hydrogens (tertiary/aromatic N) is 6. The first-order chi connectivity index (χ1) is 19.1. The van der Waals surface area contributed by atoms with Crippen LogP contribution < -0.4 is 10.2 Å². The molecule has 3 heterocycles. The zero-order valence-electron chi connectivity index (χ0n) is 22.0. The molecular formula is C31H30FN7. The van der Waals surface area contributed by atoms with Crippen molar-refractivity contribution in [2.45, 2.75) is 37.9 Å². The second-order valence-electron chi connectivity index (χ2n) is 10.4. The lowest BCUT2D eigenvalue weighted by Crippen LogP contribution is -2.51. The molecular weight excluding hydrogens is 489 g/mol. The fraction of sp³-hybridized carbons (Fsp3) is 0.258. The summed E-state index contributed by atoms with van der Waals surface area (Å²) in [6.07, 6.45) is 3.37. The summed E-state index contributed by atoms with van der Waals surface area (Å²) in [7, 11) is 3.84. The molecule has 39 heavy (non-hydrogen) atoms. The number of fused-ring (bicyclic) bond motifs is 5. The van der Waals surface area contributed by atoms with Gasteiger partial charge in [0.1, 0.15) is 23.0 Å². The Balaban J connectivity index is 1.32. The minimum atomic E-state index is -0.268. The van der Waals surface area contributed by atoms with Crippen molar-refractivity contribution in [3.05, 3.63) is 95.8 Å². The number of nitrogens with one attached hydrogen (secondary N) is 1. The van der Waals surface area contributed by atoms with Crippen molar-refractivity contribution >= 4 is 29.1 Å². The van der Waals surface area contributed by atoms with Crippen molar-refractivity contribution in [1.82, 2.24) is 14.7 Å². The van der Waals surface area contributed by atoms with E-state index < -0.39 is 0 Å². The van der Waals surface area contributed by atoms with Gasteiger partial charge >= 0.3 is 0 Å². The van der Waals surface area contributed by atoms with Crippen molar-refractivity contribution in [1.29, 1.82) is 0 Å². The zero-order valence-corrected chi connectivity index (χ0v) is 22.0. The maximum absolute atomic E-state index is 13.7. The first-order valence-corrected chi connectivity index (χ1v) is 13.5. The van der Waals surface area contributed by atoms with Crippen molar-refractivity contribution in [2.24, 2.45) is 9.98 Å². The highest BCUT2D eigenvalue weighted by atomic mass is 19.1. The average molecular weight is 520 g/mol. The molecule has 0 radical (unpaired) electrons. The van der Waals surface area contributed by atoms with Crippen LogP contribution in [0.25, 0.3) is 11.1 Å². The summed E-state index contributed by atoms with van der Waals surface area (Å²) >= 11 is 0. The molecule has 3 aromatic carbocycles. The van der Waals surface area contributed by atoms with Gasteiger partial charge < -0.3 is 5.32 Å². The van der Waals surface area contributed by atoms with Gasteiger partial charge in [-0.05, 0) is 60.2 Å². The van der Waals surface area contributed by atoms with Crippen molar-refractivity contribution < 1.29 is 4.39 Å². The molecule has 7 nitrogen and oxygen atoms in total. The van der Waals surface area contributed by atoms with Gasteiger partial charge in [-0.25, -0.2) is 14.1 Å². The van der Waals surface area contributed by atoms with Crippen LogP contribution in [0.1, 0.15) is 30.4 Å². The van der Waals surface area contributed by atoms with Gasteiger partial charge in [0, 0.05) is 19.8 Å². The molecule has 1 N–H and O–H groups in total. The monoisotopic (exact) mass is 519 g/mol. The molecule has 0 bridgehead atoms. The van der Waals surface area contributed by atoms with Gasteiger partial charge in [-0.3, -0.25) is 14.8 Å². The lowest BCUT2D eigenvalue weighted by molar-refractivity contribution is 0.618. The molecule has 8 heteroatoms. The summed E-state index contributed by atoms with van der Waals surface area (Å²) in [5, 5.41) is 8.74. The number of hydrogen-bond acceptors (Lipinski definition) is 5. The van der Waals surface area contributed by atoms with E-state index >= 15 is 0 Å². The highest BCUT2D eigenvalue weighted by Crippen LogP contribution is 2.43. The standard InChI is InChI=1S/C31H30FN7/c1-33-28-27-29(34-24-17-15-23(32)16-18-24)38(19-20-11-13-22(14-12-20)21-7-4-3-5-8-21)36-30(27)39-26-10-6-9-25(26)35-31(39)37(28)2/h3-5,7-8,11-18,25-26,34H,6,9-10,19H2,1-2H3/b33-28-. The number of rotatable bonds is 5. The highest BCUT2D eigenvalue weighted by Gasteiger charge is 2.48. The van der Waals surface area contributed by atoms with Crippen LogP contribution in [-0.4, -0.2) is 52.7 Å². The predicted octanol–water partition coefficient (Wildman–Crippen LogP) is 5.90. The quantitative estimate of drug-likeness (QED) is 0.357. The van der Waals surface area contributed by atoms with Gasteiger partial charge in [0.25, 0.3) is 0 Å². The molecule has 1 fully saturated rings. The van der Waals surface area contributed by atoms with E-state index in [2.05, 4.69) is 68.6 Å². The SMILES string of the molecule is C/N=C1/c2c(nn(Cc3ccc(-c4ccccc4)cc3)c2Nc2ccc(F)cc2)N2C(=NC3CCCC32)N1C. The first-order valence-electron chi connectivity index (χ1n) is 13.5. The Morgan fingerprint density at radius 3 is 2.44 bits per heavy atom. The fourth-order valence-corrected chi connectivity index (χ4v) is 6.10. The predicted molar refractivity (Wildman–Crippen MR) is 154 cm³/mol. The second kappa shape index (κ2) is 9.38. The third-order valence-corrected chi connectivity index (χ3v) is 7.99. The molecule has 1 saturated carbocycles. The summed E-state index contributed by atoms with van der Waals surface area (Å²) in [5.74, 6) is 3.18. The Bertz CT molecular complexity index is 1570.